The van der Waals surface area contributed by atoms with Crippen molar-refractivity contribution in [3.63, 3.8) is 0 Å². The molecule has 15 heavy (non-hydrogen) atoms. The third kappa shape index (κ3) is 1.78. The Balaban J connectivity index is 2.51. The van der Waals surface area contributed by atoms with Gasteiger partial charge in [-0.1, -0.05) is 6.07 Å². The van der Waals surface area contributed by atoms with E-state index in [0.29, 0.717) is 5.56 Å². The normalized spacial score (nSPS) is 20.1. The van der Waals surface area contributed by atoms with Gasteiger partial charge in [-0.15, -0.1) is 0 Å². The molecule has 1 aromatic carbocycles. The maximum absolute atomic E-state index is 13.8. The Hall–Kier alpha value is -0.890. The summed E-state index contributed by atoms with van der Waals surface area (Å²) in [6, 6.07) is 3.43. The third-order valence-corrected chi connectivity index (χ3v) is 3.31. The lowest BCUT2D eigenvalue weighted by Crippen LogP contribution is -2.26. The molecule has 1 unspecified atom stereocenters. The molecule has 1 aliphatic carbocycles. The van der Waals surface area contributed by atoms with Crippen LogP contribution in [0.1, 0.15) is 36.5 Å². The number of hydrogen-bond acceptors (Lipinski definition) is 1. The predicted molar refractivity (Wildman–Crippen MR) is 58.2 cm³/mol. The lowest BCUT2D eigenvalue weighted by Gasteiger charge is -2.26. The van der Waals surface area contributed by atoms with E-state index in [1.54, 1.807) is 6.92 Å². The van der Waals surface area contributed by atoms with Crippen molar-refractivity contribution in [2.75, 3.05) is 0 Å². The molecule has 1 aromatic rings. The van der Waals surface area contributed by atoms with Crippen molar-refractivity contribution >= 4 is 0 Å². The topological polar surface area (TPSA) is 20.2 Å². The maximum atomic E-state index is 13.8. The van der Waals surface area contributed by atoms with Crippen LogP contribution in [0.25, 0.3) is 0 Å². The number of hydrogen-bond donors (Lipinski definition) is 1. The van der Waals surface area contributed by atoms with E-state index < -0.39 is 5.60 Å². The van der Waals surface area contributed by atoms with Crippen LogP contribution in [0.15, 0.2) is 12.1 Å². The van der Waals surface area contributed by atoms with Gasteiger partial charge in [0, 0.05) is 5.56 Å². The Kier molecular flexibility index (Phi) is 2.34. The Bertz CT molecular complexity index is 369. The maximum Gasteiger partial charge on any atom is 0.129 e. The summed E-state index contributed by atoms with van der Waals surface area (Å²) in [6.45, 7) is 5.46. The molecule has 0 radical (unpaired) electrons. The standard InChI is InChI=1S/C13H17FO/c1-8-6-9(2)12(11(14)7-8)13(3,15)10-4-5-10/h6-7,10,15H,4-5H2,1-3H3. The van der Waals surface area contributed by atoms with E-state index in [2.05, 4.69) is 0 Å². The van der Waals surface area contributed by atoms with Gasteiger partial charge in [0.05, 0.1) is 5.60 Å². The number of aliphatic hydroxyl groups is 1. The molecule has 0 aromatic heterocycles. The first-order chi connectivity index (χ1) is 6.93. The lowest BCUT2D eigenvalue weighted by molar-refractivity contribution is 0.0288. The van der Waals surface area contributed by atoms with Crippen LogP contribution in [-0.2, 0) is 5.60 Å². The van der Waals surface area contributed by atoms with Crippen molar-refractivity contribution in [2.45, 2.75) is 39.2 Å². The summed E-state index contributed by atoms with van der Waals surface area (Å²) < 4.78 is 13.8. The number of halogens is 1. The zero-order chi connectivity index (χ0) is 11.2. The SMILES string of the molecule is Cc1cc(C)c(C(C)(O)C2CC2)c(F)c1. The molecule has 1 nitrogen and oxygen atoms in total. The Morgan fingerprint density at radius 2 is 1.93 bits per heavy atom. The Labute approximate surface area is 89.9 Å². The van der Waals surface area contributed by atoms with Gasteiger partial charge in [0.2, 0.25) is 0 Å². The van der Waals surface area contributed by atoms with Crippen molar-refractivity contribution in [1.82, 2.24) is 0 Å². The van der Waals surface area contributed by atoms with Crippen molar-refractivity contribution in [3.8, 4) is 0 Å². The molecule has 0 aliphatic heterocycles. The molecule has 1 atom stereocenters. The second-order valence-corrected chi connectivity index (χ2v) is 4.86. The molecule has 0 heterocycles. The highest BCUT2D eigenvalue weighted by molar-refractivity contribution is 5.37. The molecular formula is C13H17FO. The van der Waals surface area contributed by atoms with Crippen LogP contribution in [-0.4, -0.2) is 5.11 Å². The van der Waals surface area contributed by atoms with Crippen molar-refractivity contribution in [3.05, 3.63) is 34.6 Å². The minimum atomic E-state index is -0.998. The highest BCUT2D eigenvalue weighted by Gasteiger charge is 2.43. The highest BCUT2D eigenvalue weighted by atomic mass is 19.1. The van der Waals surface area contributed by atoms with E-state index >= 15 is 0 Å². The van der Waals surface area contributed by atoms with Gasteiger partial charge in [0.25, 0.3) is 0 Å². The van der Waals surface area contributed by atoms with E-state index in [9.17, 15) is 9.50 Å². The zero-order valence-electron chi connectivity index (χ0n) is 9.47. The zero-order valence-corrected chi connectivity index (χ0v) is 9.47. The van der Waals surface area contributed by atoms with E-state index in [0.717, 1.165) is 24.0 Å². The minimum Gasteiger partial charge on any atom is -0.385 e. The Morgan fingerprint density at radius 1 is 1.33 bits per heavy atom. The molecule has 0 spiro atoms. The number of benzene rings is 1. The molecule has 1 N–H and O–H groups in total. The molecule has 82 valence electrons. The monoisotopic (exact) mass is 208 g/mol. The number of rotatable bonds is 2. The van der Waals surface area contributed by atoms with Gasteiger partial charge < -0.3 is 5.11 Å². The van der Waals surface area contributed by atoms with Crippen LogP contribution in [0, 0.1) is 25.6 Å². The van der Waals surface area contributed by atoms with E-state index in [1.165, 1.54) is 6.07 Å². The molecule has 0 amide bonds. The Morgan fingerprint density at radius 3 is 2.40 bits per heavy atom. The summed E-state index contributed by atoms with van der Waals surface area (Å²) in [6.07, 6.45) is 2.00. The van der Waals surface area contributed by atoms with Gasteiger partial charge in [-0.05, 0) is 56.7 Å². The predicted octanol–water partition coefficient (Wildman–Crippen LogP) is 3.06. The highest BCUT2D eigenvalue weighted by Crippen LogP contribution is 2.47. The van der Waals surface area contributed by atoms with Crippen LogP contribution in [0.2, 0.25) is 0 Å². The third-order valence-electron chi connectivity index (χ3n) is 3.31. The molecule has 0 bridgehead atoms. The fraction of sp³-hybridized carbons (Fsp3) is 0.538. The summed E-state index contributed by atoms with van der Waals surface area (Å²) in [4.78, 5) is 0. The summed E-state index contributed by atoms with van der Waals surface area (Å²) >= 11 is 0. The van der Waals surface area contributed by atoms with Gasteiger partial charge in [0.15, 0.2) is 0 Å². The van der Waals surface area contributed by atoms with Gasteiger partial charge in [-0.2, -0.15) is 0 Å². The fourth-order valence-electron chi connectivity index (χ4n) is 2.41. The van der Waals surface area contributed by atoms with Crippen molar-refractivity contribution in [1.29, 1.82) is 0 Å². The molecule has 1 aliphatic rings. The minimum absolute atomic E-state index is 0.230. The summed E-state index contributed by atoms with van der Waals surface area (Å²) in [5.41, 5.74) is 1.24. The molecular weight excluding hydrogens is 191 g/mol. The second kappa shape index (κ2) is 3.31. The summed E-state index contributed by atoms with van der Waals surface area (Å²) in [5.74, 6) is -0.0437. The molecule has 1 fully saturated rings. The smallest absolute Gasteiger partial charge is 0.129 e. The quantitative estimate of drug-likeness (QED) is 0.792. The average molecular weight is 208 g/mol. The van der Waals surface area contributed by atoms with Crippen molar-refractivity contribution in [2.24, 2.45) is 5.92 Å². The van der Waals surface area contributed by atoms with Gasteiger partial charge in [-0.25, -0.2) is 4.39 Å². The van der Waals surface area contributed by atoms with Crippen molar-refractivity contribution < 1.29 is 9.50 Å². The van der Waals surface area contributed by atoms with Crippen LogP contribution >= 0.6 is 0 Å². The van der Waals surface area contributed by atoms with E-state index in [-0.39, 0.29) is 11.7 Å². The molecule has 2 heteroatoms. The summed E-state index contributed by atoms with van der Waals surface area (Å²) in [7, 11) is 0. The van der Waals surface area contributed by atoms with Gasteiger partial charge in [-0.3, -0.25) is 0 Å². The van der Waals surface area contributed by atoms with Gasteiger partial charge >= 0.3 is 0 Å². The fourth-order valence-corrected chi connectivity index (χ4v) is 2.41. The van der Waals surface area contributed by atoms with Crippen LogP contribution in [0.3, 0.4) is 0 Å². The first kappa shape index (κ1) is 10.6. The summed E-state index contributed by atoms with van der Waals surface area (Å²) in [5, 5.41) is 10.3. The first-order valence-corrected chi connectivity index (χ1v) is 5.42. The molecule has 0 saturated heterocycles. The lowest BCUT2D eigenvalue weighted by atomic mass is 9.86. The molecule has 2 rings (SSSR count). The first-order valence-electron chi connectivity index (χ1n) is 5.42. The van der Waals surface area contributed by atoms with Crippen LogP contribution in [0.5, 0.6) is 0 Å². The largest absolute Gasteiger partial charge is 0.385 e. The van der Waals surface area contributed by atoms with E-state index in [1.807, 2.05) is 19.9 Å². The van der Waals surface area contributed by atoms with Gasteiger partial charge in [0.1, 0.15) is 5.82 Å². The van der Waals surface area contributed by atoms with Crippen LogP contribution in [0.4, 0.5) is 4.39 Å². The second-order valence-electron chi connectivity index (χ2n) is 4.86. The molecule has 1 saturated carbocycles. The average Bonchev–Trinajstić information content (AvgIpc) is 2.81. The van der Waals surface area contributed by atoms with Crippen LogP contribution < -0.4 is 0 Å². The number of aryl methyl sites for hydroxylation is 2. The van der Waals surface area contributed by atoms with E-state index in [4.69, 9.17) is 0 Å².